The number of hydrogen-bond acceptors (Lipinski definition) is 2. The molecular formula is C14H9F3N2. The lowest BCUT2D eigenvalue weighted by atomic mass is 10.1. The van der Waals surface area contributed by atoms with Gasteiger partial charge in [0.05, 0.1) is 6.07 Å². The maximum atomic E-state index is 13.6. The summed E-state index contributed by atoms with van der Waals surface area (Å²) in [7, 11) is 0. The van der Waals surface area contributed by atoms with Crippen molar-refractivity contribution >= 4 is 5.69 Å². The van der Waals surface area contributed by atoms with Crippen LogP contribution in [0.2, 0.25) is 0 Å². The van der Waals surface area contributed by atoms with Crippen LogP contribution in [0.1, 0.15) is 11.6 Å². The number of nitriles is 1. The first-order valence-electron chi connectivity index (χ1n) is 5.47. The van der Waals surface area contributed by atoms with Crippen molar-refractivity contribution in [2.24, 2.45) is 0 Å². The zero-order chi connectivity index (χ0) is 13.8. The minimum absolute atomic E-state index is 0.00756. The number of benzene rings is 2. The van der Waals surface area contributed by atoms with Crippen LogP contribution in [0.3, 0.4) is 0 Å². The van der Waals surface area contributed by atoms with Crippen molar-refractivity contribution in [3.05, 3.63) is 65.5 Å². The maximum absolute atomic E-state index is 13.6. The van der Waals surface area contributed by atoms with E-state index in [4.69, 9.17) is 5.26 Å². The van der Waals surface area contributed by atoms with Gasteiger partial charge >= 0.3 is 0 Å². The van der Waals surface area contributed by atoms with E-state index in [9.17, 15) is 13.2 Å². The molecule has 0 saturated heterocycles. The Hall–Kier alpha value is -2.48. The Kier molecular flexibility index (Phi) is 3.71. The second kappa shape index (κ2) is 5.44. The first-order chi connectivity index (χ1) is 9.10. The molecule has 1 N–H and O–H groups in total. The largest absolute Gasteiger partial charge is 0.366 e. The number of nitrogens with one attached hydrogen (secondary N) is 1. The number of anilines is 1. The molecule has 0 fully saturated rings. The van der Waals surface area contributed by atoms with E-state index in [2.05, 4.69) is 5.32 Å². The van der Waals surface area contributed by atoms with E-state index >= 15 is 0 Å². The van der Waals surface area contributed by atoms with Crippen LogP contribution in [-0.4, -0.2) is 0 Å². The minimum Gasteiger partial charge on any atom is -0.366 e. The summed E-state index contributed by atoms with van der Waals surface area (Å²) in [5.74, 6) is -2.01. The molecule has 2 rings (SSSR count). The lowest BCUT2D eigenvalue weighted by Gasteiger charge is -2.14. The molecule has 96 valence electrons. The molecule has 0 radical (unpaired) electrons. The fourth-order valence-corrected chi connectivity index (χ4v) is 1.66. The number of nitrogens with zero attached hydrogens (tertiary/aromatic N) is 1. The normalized spacial score (nSPS) is 11.7. The van der Waals surface area contributed by atoms with Gasteiger partial charge in [-0.15, -0.1) is 0 Å². The lowest BCUT2D eigenvalue weighted by Crippen LogP contribution is -2.10. The van der Waals surface area contributed by atoms with Gasteiger partial charge in [-0.1, -0.05) is 12.1 Å². The Balaban J connectivity index is 2.28. The number of rotatable bonds is 3. The maximum Gasteiger partial charge on any atom is 0.143 e. The van der Waals surface area contributed by atoms with Gasteiger partial charge in [0, 0.05) is 17.3 Å². The van der Waals surface area contributed by atoms with Crippen molar-refractivity contribution in [1.82, 2.24) is 0 Å². The molecule has 0 aromatic heterocycles. The highest BCUT2D eigenvalue weighted by Crippen LogP contribution is 2.22. The summed E-state index contributed by atoms with van der Waals surface area (Å²) in [4.78, 5) is 0. The Morgan fingerprint density at radius 1 is 1.00 bits per heavy atom. The van der Waals surface area contributed by atoms with Crippen molar-refractivity contribution in [1.29, 1.82) is 5.26 Å². The highest BCUT2D eigenvalue weighted by Gasteiger charge is 2.15. The molecule has 19 heavy (non-hydrogen) atoms. The van der Waals surface area contributed by atoms with E-state index in [0.29, 0.717) is 11.8 Å². The molecule has 2 nitrogen and oxygen atoms in total. The van der Waals surface area contributed by atoms with E-state index in [-0.39, 0.29) is 5.56 Å². The SMILES string of the molecule is N#CC(Nc1cccc(F)c1)c1ccc(F)cc1F. The molecule has 1 unspecified atom stereocenters. The van der Waals surface area contributed by atoms with Gasteiger partial charge in [-0.2, -0.15) is 5.26 Å². The van der Waals surface area contributed by atoms with Gasteiger partial charge in [0.15, 0.2) is 0 Å². The zero-order valence-corrected chi connectivity index (χ0v) is 9.70. The van der Waals surface area contributed by atoms with Gasteiger partial charge in [0.2, 0.25) is 0 Å². The van der Waals surface area contributed by atoms with Crippen LogP contribution < -0.4 is 5.32 Å². The number of halogens is 3. The molecule has 0 spiro atoms. The van der Waals surface area contributed by atoms with Crippen LogP contribution in [-0.2, 0) is 0 Å². The molecule has 0 heterocycles. The van der Waals surface area contributed by atoms with Crippen LogP contribution in [0, 0.1) is 28.8 Å². The Morgan fingerprint density at radius 3 is 2.37 bits per heavy atom. The Bertz CT molecular complexity index is 635. The first kappa shape index (κ1) is 13.0. The standard InChI is InChI=1S/C14H9F3N2/c15-9-2-1-3-11(6-9)19-14(8-18)12-5-4-10(16)7-13(12)17/h1-7,14,19H. The smallest absolute Gasteiger partial charge is 0.143 e. The summed E-state index contributed by atoms with van der Waals surface area (Å²) in [5, 5.41) is 11.7. The molecule has 2 aromatic carbocycles. The molecular weight excluding hydrogens is 253 g/mol. The summed E-state index contributed by atoms with van der Waals surface area (Å²) < 4.78 is 39.4. The molecule has 0 aliphatic rings. The summed E-state index contributed by atoms with van der Waals surface area (Å²) in [6.07, 6.45) is 0. The van der Waals surface area contributed by atoms with Crippen molar-refractivity contribution in [2.45, 2.75) is 6.04 Å². The molecule has 2 aromatic rings. The van der Waals surface area contributed by atoms with Gasteiger partial charge in [-0.25, -0.2) is 13.2 Å². The zero-order valence-electron chi connectivity index (χ0n) is 9.70. The van der Waals surface area contributed by atoms with Crippen molar-refractivity contribution in [3.8, 4) is 6.07 Å². The molecule has 0 aliphatic carbocycles. The molecule has 1 atom stereocenters. The van der Waals surface area contributed by atoms with Gasteiger partial charge in [-0.3, -0.25) is 0 Å². The predicted molar refractivity (Wildman–Crippen MR) is 64.7 cm³/mol. The van der Waals surface area contributed by atoms with Crippen molar-refractivity contribution in [3.63, 3.8) is 0 Å². The average molecular weight is 262 g/mol. The van der Waals surface area contributed by atoms with E-state index in [0.717, 1.165) is 6.07 Å². The molecule has 0 saturated carbocycles. The molecule has 0 aliphatic heterocycles. The van der Waals surface area contributed by atoms with Crippen LogP contribution in [0.25, 0.3) is 0 Å². The fraction of sp³-hybridized carbons (Fsp3) is 0.0714. The van der Waals surface area contributed by atoms with E-state index in [1.165, 1.54) is 24.3 Å². The Labute approximate surface area is 108 Å². The quantitative estimate of drug-likeness (QED) is 0.913. The van der Waals surface area contributed by atoms with Gasteiger partial charge in [-0.05, 0) is 24.3 Å². The lowest BCUT2D eigenvalue weighted by molar-refractivity contribution is 0.570. The fourth-order valence-electron chi connectivity index (χ4n) is 1.66. The molecule has 0 amide bonds. The second-order valence-corrected chi connectivity index (χ2v) is 3.88. The number of hydrogen-bond donors (Lipinski definition) is 1. The molecule has 0 bridgehead atoms. The Morgan fingerprint density at radius 2 is 1.74 bits per heavy atom. The minimum atomic E-state index is -1.03. The third-order valence-corrected chi connectivity index (χ3v) is 2.54. The highest BCUT2D eigenvalue weighted by molar-refractivity contribution is 5.47. The van der Waals surface area contributed by atoms with Gasteiger partial charge < -0.3 is 5.32 Å². The first-order valence-corrected chi connectivity index (χ1v) is 5.47. The predicted octanol–water partition coefficient (Wildman–Crippen LogP) is 3.78. The van der Waals surface area contributed by atoms with Crippen LogP contribution in [0.5, 0.6) is 0 Å². The van der Waals surface area contributed by atoms with Crippen LogP contribution in [0.15, 0.2) is 42.5 Å². The van der Waals surface area contributed by atoms with Crippen LogP contribution in [0.4, 0.5) is 18.9 Å². The summed E-state index contributed by atoms with van der Waals surface area (Å²) >= 11 is 0. The van der Waals surface area contributed by atoms with E-state index < -0.39 is 23.5 Å². The van der Waals surface area contributed by atoms with Crippen molar-refractivity contribution < 1.29 is 13.2 Å². The topological polar surface area (TPSA) is 35.8 Å². The van der Waals surface area contributed by atoms with E-state index in [1.807, 2.05) is 6.07 Å². The monoisotopic (exact) mass is 262 g/mol. The summed E-state index contributed by atoms with van der Waals surface area (Å²) in [6.45, 7) is 0. The highest BCUT2D eigenvalue weighted by atomic mass is 19.1. The third kappa shape index (κ3) is 3.05. The second-order valence-electron chi connectivity index (χ2n) is 3.88. The van der Waals surface area contributed by atoms with Crippen LogP contribution >= 0.6 is 0 Å². The third-order valence-electron chi connectivity index (χ3n) is 2.54. The molecule has 5 heteroatoms. The van der Waals surface area contributed by atoms with Crippen molar-refractivity contribution in [2.75, 3.05) is 5.32 Å². The summed E-state index contributed by atoms with van der Waals surface area (Å²) in [6, 6.07) is 9.23. The van der Waals surface area contributed by atoms with Gasteiger partial charge in [0.25, 0.3) is 0 Å². The summed E-state index contributed by atoms with van der Waals surface area (Å²) in [5.41, 5.74) is 0.350. The van der Waals surface area contributed by atoms with E-state index in [1.54, 1.807) is 6.07 Å². The van der Waals surface area contributed by atoms with Gasteiger partial charge in [0.1, 0.15) is 23.5 Å². The average Bonchev–Trinajstić information content (AvgIpc) is 2.37.